The normalized spacial score (nSPS) is 13.0. The lowest BCUT2D eigenvalue weighted by atomic mass is 9.96. The molecule has 1 amide bonds. The Bertz CT molecular complexity index is 518. The van der Waals surface area contributed by atoms with E-state index in [9.17, 15) is 9.59 Å². The molecule has 0 radical (unpaired) electrons. The van der Waals surface area contributed by atoms with Crippen molar-refractivity contribution >= 4 is 23.5 Å². The molecule has 128 valence electrons. The topological polar surface area (TPSA) is 64.6 Å². The fourth-order valence-corrected chi connectivity index (χ4v) is 2.39. The molecule has 6 heteroatoms. The Kier molecular flexibility index (Phi) is 7.89. The van der Waals surface area contributed by atoms with Crippen molar-refractivity contribution < 1.29 is 19.1 Å². The molecular weight excluding hydrogens is 318 g/mol. The van der Waals surface area contributed by atoms with Gasteiger partial charge in [0, 0.05) is 11.4 Å². The number of ether oxygens (including phenoxy) is 2. The number of carbonyl (C=O) groups excluding carboxylic acids is 2. The molecule has 0 saturated carbocycles. The Balaban J connectivity index is 2.37. The minimum absolute atomic E-state index is 0.189. The van der Waals surface area contributed by atoms with Crippen LogP contribution in [0.25, 0.3) is 0 Å². The average Bonchev–Trinajstić information content (AvgIpc) is 2.52. The molecule has 0 bridgehead atoms. The fourth-order valence-electron chi connectivity index (χ4n) is 2.26. The third-order valence-corrected chi connectivity index (χ3v) is 3.68. The molecule has 0 aliphatic carbocycles. The zero-order chi connectivity index (χ0) is 17.3. The Labute approximate surface area is 142 Å². The van der Waals surface area contributed by atoms with E-state index in [-0.39, 0.29) is 12.3 Å². The molecule has 0 aliphatic rings. The van der Waals surface area contributed by atoms with Crippen molar-refractivity contribution in [3.8, 4) is 5.75 Å². The molecule has 23 heavy (non-hydrogen) atoms. The lowest BCUT2D eigenvalue weighted by molar-refractivity contribution is -0.150. The number of carbonyl (C=O) groups is 2. The third kappa shape index (κ3) is 6.48. The van der Waals surface area contributed by atoms with Gasteiger partial charge in [0.05, 0.1) is 13.7 Å². The molecule has 0 saturated heterocycles. The van der Waals surface area contributed by atoms with E-state index in [1.165, 1.54) is 7.11 Å². The number of rotatable bonds is 9. The van der Waals surface area contributed by atoms with E-state index in [1.54, 1.807) is 31.2 Å². The highest BCUT2D eigenvalue weighted by molar-refractivity contribution is 6.30. The van der Waals surface area contributed by atoms with Crippen molar-refractivity contribution in [2.45, 2.75) is 45.1 Å². The standard InChI is InChI=1S/C17H24ClNO4/c1-4-11-17(2,16(21)22-3)19-15(20)6-5-12-23-14-9-7-13(18)8-10-14/h7-10H,4-6,11-12H2,1-3H3,(H,19,20). The van der Waals surface area contributed by atoms with E-state index < -0.39 is 11.5 Å². The second kappa shape index (κ2) is 9.40. The summed E-state index contributed by atoms with van der Waals surface area (Å²) < 4.78 is 10.3. The number of hydrogen-bond donors (Lipinski definition) is 1. The zero-order valence-corrected chi connectivity index (χ0v) is 14.6. The minimum Gasteiger partial charge on any atom is -0.494 e. The Hall–Kier alpha value is -1.75. The van der Waals surface area contributed by atoms with Gasteiger partial charge in [-0.05, 0) is 44.0 Å². The Morgan fingerprint density at radius 1 is 1.26 bits per heavy atom. The largest absolute Gasteiger partial charge is 0.494 e. The van der Waals surface area contributed by atoms with Gasteiger partial charge in [0.25, 0.3) is 0 Å². The first-order valence-electron chi connectivity index (χ1n) is 7.69. The summed E-state index contributed by atoms with van der Waals surface area (Å²) in [4.78, 5) is 23.8. The van der Waals surface area contributed by atoms with E-state index in [0.717, 1.165) is 6.42 Å². The van der Waals surface area contributed by atoms with Crippen LogP contribution in [0.1, 0.15) is 39.5 Å². The first-order chi connectivity index (χ1) is 10.9. The summed E-state index contributed by atoms with van der Waals surface area (Å²) in [5.74, 6) is 0.0939. The second-order valence-electron chi connectivity index (χ2n) is 5.53. The number of benzene rings is 1. The van der Waals surface area contributed by atoms with Crippen molar-refractivity contribution in [2.24, 2.45) is 0 Å². The molecule has 0 heterocycles. The van der Waals surface area contributed by atoms with E-state index in [1.807, 2.05) is 6.92 Å². The van der Waals surface area contributed by atoms with Crippen LogP contribution in [0, 0.1) is 0 Å². The summed E-state index contributed by atoms with van der Waals surface area (Å²) in [7, 11) is 1.32. The predicted octanol–water partition coefficient (Wildman–Crippen LogP) is 3.35. The van der Waals surface area contributed by atoms with Gasteiger partial charge in [0.2, 0.25) is 5.91 Å². The van der Waals surface area contributed by atoms with Gasteiger partial charge in [-0.15, -0.1) is 0 Å². The number of nitrogens with one attached hydrogen (secondary N) is 1. The lowest BCUT2D eigenvalue weighted by Gasteiger charge is -2.27. The monoisotopic (exact) mass is 341 g/mol. The van der Waals surface area contributed by atoms with E-state index in [4.69, 9.17) is 21.1 Å². The summed E-state index contributed by atoms with van der Waals surface area (Å²) in [5.41, 5.74) is -0.975. The van der Waals surface area contributed by atoms with Crippen molar-refractivity contribution in [3.63, 3.8) is 0 Å². The van der Waals surface area contributed by atoms with Crippen molar-refractivity contribution in [1.82, 2.24) is 5.32 Å². The Morgan fingerprint density at radius 2 is 1.91 bits per heavy atom. The van der Waals surface area contributed by atoms with Crippen molar-refractivity contribution in [3.05, 3.63) is 29.3 Å². The van der Waals surface area contributed by atoms with E-state index in [2.05, 4.69) is 5.32 Å². The Morgan fingerprint density at radius 3 is 2.48 bits per heavy atom. The first-order valence-corrected chi connectivity index (χ1v) is 8.07. The van der Waals surface area contributed by atoms with Gasteiger partial charge < -0.3 is 14.8 Å². The molecule has 0 spiro atoms. The van der Waals surface area contributed by atoms with E-state index >= 15 is 0 Å². The maximum absolute atomic E-state index is 12.0. The van der Waals surface area contributed by atoms with Crippen LogP contribution in [0.15, 0.2) is 24.3 Å². The molecule has 1 aromatic carbocycles. The minimum atomic E-state index is -0.975. The van der Waals surface area contributed by atoms with Crippen LogP contribution in [0.4, 0.5) is 0 Å². The molecule has 5 nitrogen and oxygen atoms in total. The van der Waals surface area contributed by atoms with E-state index in [0.29, 0.717) is 30.2 Å². The van der Waals surface area contributed by atoms with Gasteiger partial charge in [0.1, 0.15) is 11.3 Å². The van der Waals surface area contributed by atoms with Crippen LogP contribution in [-0.2, 0) is 14.3 Å². The van der Waals surface area contributed by atoms with Gasteiger partial charge in [-0.1, -0.05) is 24.9 Å². The molecule has 1 unspecified atom stereocenters. The first kappa shape index (κ1) is 19.3. The molecule has 1 rings (SSSR count). The van der Waals surface area contributed by atoms with Crippen LogP contribution in [0.3, 0.4) is 0 Å². The molecule has 1 N–H and O–H groups in total. The van der Waals surface area contributed by atoms with Gasteiger partial charge in [-0.3, -0.25) is 4.79 Å². The van der Waals surface area contributed by atoms with Gasteiger partial charge >= 0.3 is 5.97 Å². The quantitative estimate of drug-likeness (QED) is 0.552. The lowest BCUT2D eigenvalue weighted by Crippen LogP contribution is -2.52. The summed E-state index contributed by atoms with van der Waals surface area (Å²) in [6.45, 7) is 4.05. The molecule has 0 aliphatic heterocycles. The summed E-state index contributed by atoms with van der Waals surface area (Å²) in [6.07, 6.45) is 2.14. The molecule has 1 atom stereocenters. The summed E-state index contributed by atoms with van der Waals surface area (Å²) >= 11 is 5.79. The smallest absolute Gasteiger partial charge is 0.331 e. The molecular formula is C17H24ClNO4. The van der Waals surface area contributed by atoms with Crippen LogP contribution >= 0.6 is 11.6 Å². The number of amides is 1. The van der Waals surface area contributed by atoms with Crippen LogP contribution in [-0.4, -0.2) is 31.1 Å². The number of esters is 1. The van der Waals surface area contributed by atoms with Gasteiger partial charge in [0.15, 0.2) is 0 Å². The maximum Gasteiger partial charge on any atom is 0.331 e. The van der Waals surface area contributed by atoms with Crippen LogP contribution in [0.2, 0.25) is 5.02 Å². The molecule has 1 aromatic rings. The zero-order valence-electron chi connectivity index (χ0n) is 13.9. The second-order valence-corrected chi connectivity index (χ2v) is 5.96. The highest BCUT2D eigenvalue weighted by atomic mass is 35.5. The predicted molar refractivity (Wildman–Crippen MR) is 89.7 cm³/mol. The van der Waals surface area contributed by atoms with Crippen LogP contribution < -0.4 is 10.1 Å². The number of halogens is 1. The van der Waals surface area contributed by atoms with Crippen LogP contribution in [0.5, 0.6) is 5.75 Å². The molecule has 0 fully saturated rings. The average molecular weight is 342 g/mol. The molecule has 0 aromatic heterocycles. The van der Waals surface area contributed by atoms with Gasteiger partial charge in [-0.25, -0.2) is 4.79 Å². The highest BCUT2D eigenvalue weighted by Crippen LogP contribution is 2.16. The SMILES string of the molecule is CCCC(C)(NC(=O)CCCOc1ccc(Cl)cc1)C(=O)OC. The fraction of sp³-hybridized carbons (Fsp3) is 0.529. The highest BCUT2D eigenvalue weighted by Gasteiger charge is 2.34. The summed E-state index contributed by atoms with van der Waals surface area (Å²) in [6, 6.07) is 7.04. The maximum atomic E-state index is 12.0. The number of hydrogen-bond acceptors (Lipinski definition) is 4. The summed E-state index contributed by atoms with van der Waals surface area (Å²) in [5, 5.41) is 3.41. The van der Waals surface area contributed by atoms with Crippen molar-refractivity contribution in [1.29, 1.82) is 0 Å². The van der Waals surface area contributed by atoms with Crippen molar-refractivity contribution in [2.75, 3.05) is 13.7 Å². The van der Waals surface area contributed by atoms with Gasteiger partial charge in [-0.2, -0.15) is 0 Å². The third-order valence-electron chi connectivity index (χ3n) is 3.43. The number of methoxy groups -OCH3 is 1.